The van der Waals surface area contributed by atoms with Gasteiger partial charge in [0.2, 0.25) is 15.9 Å². The Morgan fingerprint density at radius 2 is 1.80 bits per heavy atom. The minimum atomic E-state index is -3.66. The molecule has 0 atom stereocenters. The Bertz CT molecular complexity index is 1100. The van der Waals surface area contributed by atoms with Gasteiger partial charge in [-0.1, -0.05) is 30.3 Å². The fraction of sp³-hybridized carbons (Fsp3) is 0.136. The first-order valence-electron chi connectivity index (χ1n) is 9.18. The SMILES string of the molecule is COc1ccccc1CNC(=O)C=Cc1ccc(S(=O)(=O)NCc2ccco2)cc1. The van der Waals surface area contributed by atoms with Gasteiger partial charge in [0.15, 0.2) is 0 Å². The minimum absolute atomic E-state index is 0.0728. The molecule has 0 aliphatic heterocycles. The quantitative estimate of drug-likeness (QED) is 0.513. The lowest BCUT2D eigenvalue weighted by Crippen LogP contribution is -2.22. The number of nitrogens with one attached hydrogen (secondary N) is 2. The van der Waals surface area contributed by atoms with Gasteiger partial charge in [-0.25, -0.2) is 13.1 Å². The van der Waals surface area contributed by atoms with Crippen molar-refractivity contribution in [3.05, 3.63) is 89.9 Å². The molecule has 1 heterocycles. The summed E-state index contributed by atoms with van der Waals surface area (Å²) in [5.41, 5.74) is 1.57. The van der Waals surface area contributed by atoms with Crippen LogP contribution in [0.15, 0.2) is 82.3 Å². The highest BCUT2D eigenvalue weighted by Crippen LogP contribution is 2.17. The van der Waals surface area contributed by atoms with Crippen molar-refractivity contribution in [2.24, 2.45) is 0 Å². The van der Waals surface area contributed by atoms with Crippen LogP contribution >= 0.6 is 0 Å². The molecule has 3 rings (SSSR count). The maximum atomic E-state index is 12.3. The van der Waals surface area contributed by atoms with Crippen molar-refractivity contribution in [2.75, 3.05) is 7.11 Å². The zero-order chi connectivity index (χ0) is 21.4. The maximum absolute atomic E-state index is 12.3. The van der Waals surface area contributed by atoms with E-state index in [4.69, 9.17) is 9.15 Å². The van der Waals surface area contributed by atoms with Crippen LogP contribution in [0.4, 0.5) is 0 Å². The number of benzene rings is 2. The number of ether oxygens (including phenoxy) is 1. The number of carbonyl (C=O) groups is 1. The van der Waals surface area contributed by atoms with Crippen LogP contribution in [0.25, 0.3) is 6.08 Å². The Morgan fingerprint density at radius 3 is 2.50 bits per heavy atom. The first-order chi connectivity index (χ1) is 14.5. The molecule has 0 saturated carbocycles. The van der Waals surface area contributed by atoms with Crippen LogP contribution in [-0.4, -0.2) is 21.4 Å². The van der Waals surface area contributed by atoms with Crippen molar-refractivity contribution in [3.63, 3.8) is 0 Å². The smallest absolute Gasteiger partial charge is 0.244 e. The van der Waals surface area contributed by atoms with Crippen molar-refractivity contribution < 1.29 is 22.4 Å². The molecule has 0 bridgehead atoms. The lowest BCUT2D eigenvalue weighted by molar-refractivity contribution is -0.116. The Hall–Kier alpha value is -3.36. The van der Waals surface area contributed by atoms with E-state index in [0.717, 1.165) is 5.56 Å². The monoisotopic (exact) mass is 426 g/mol. The Balaban J connectivity index is 1.55. The van der Waals surface area contributed by atoms with Gasteiger partial charge in [0.05, 0.1) is 24.8 Å². The molecule has 0 aliphatic carbocycles. The molecule has 7 nitrogen and oxygen atoms in total. The highest BCUT2D eigenvalue weighted by atomic mass is 32.2. The molecule has 1 aromatic heterocycles. The third kappa shape index (κ3) is 5.82. The van der Waals surface area contributed by atoms with Crippen LogP contribution in [0, 0.1) is 0 Å². The normalized spacial score (nSPS) is 11.5. The second kappa shape index (κ2) is 9.91. The summed E-state index contributed by atoms with van der Waals surface area (Å²) in [6, 6.07) is 17.1. The second-order valence-electron chi connectivity index (χ2n) is 6.34. The van der Waals surface area contributed by atoms with Crippen LogP contribution in [0.3, 0.4) is 0 Å². The average Bonchev–Trinajstić information content (AvgIpc) is 3.29. The van der Waals surface area contributed by atoms with Crippen LogP contribution in [0.1, 0.15) is 16.9 Å². The van der Waals surface area contributed by atoms with Gasteiger partial charge in [-0.05, 0) is 42.0 Å². The van der Waals surface area contributed by atoms with E-state index < -0.39 is 10.0 Å². The molecule has 0 spiro atoms. The standard InChI is InChI=1S/C22H22N2O5S/c1-28-21-7-3-2-5-18(21)15-23-22(25)13-10-17-8-11-20(12-9-17)30(26,27)24-16-19-6-4-14-29-19/h2-14,24H,15-16H2,1H3,(H,23,25). The Kier molecular flexibility index (Phi) is 7.05. The fourth-order valence-corrected chi connectivity index (χ4v) is 3.68. The van der Waals surface area contributed by atoms with Crippen molar-refractivity contribution in [2.45, 2.75) is 18.0 Å². The second-order valence-corrected chi connectivity index (χ2v) is 8.10. The number of furan rings is 1. The van der Waals surface area contributed by atoms with Gasteiger partial charge in [-0.2, -0.15) is 0 Å². The molecule has 2 N–H and O–H groups in total. The molecular formula is C22H22N2O5S. The third-order valence-corrected chi connectivity index (χ3v) is 5.70. The number of carbonyl (C=O) groups excluding carboxylic acids is 1. The van der Waals surface area contributed by atoms with E-state index in [-0.39, 0.29) is 17.3 Å². The van der Waals surface area contributed by atoms with E-state index in [0.29, 0.717) is 23.6 Å². The molecule has 1 amide bonds. The number of rotatable bonds is 9. The molecule has 30 heavy (non-hydrogen) atoms. The number of hydrogen-bond acceptors (Lipinski definition) is 5. The molecule has 0 fully saturated rings. The molecule has 156 valence electrons. The van der Waals surface area contributed by atoms with Gasteiger partial charge < -0.3 is 14.5 Å². The third-order valence-electron chi connectivity index (χ3n) is 4.28. The summed E-state index contributed by atoms with van der Waals surface area (Å²) in [5.74, 6) is 0.967. The molecule has 0 radical (unpaired) electrons. The van der Waals surface area contributed by atoms with Crippen molar-refractivity contribution in [1.82, 2.24) is 10.0 Å². The summed E-state index contributed by atoms with van der Waals surface area (Å²) in [4.78, 5) is 12.2. The van der Waals surface area contributed by atoms with Gasteiger partial charge in [0, 0.05) is 18.2 Å². The summed E-state index contributed by atoms with van der Waals surface area (Å²) in [6.45, 7) is 0.412. The van der Waals surface area contributed by atoms with Gasteiger partial charge in [0.1, 0.15) is 11.5 Å². The average molecular weight is 426 g/mol. The van der Waals surface area contributed by atoms with E-state index in [1.54, 1.807) is 37.5 Å². The number of para-hydroxylation sites is 1. The van der Waals surface area contributed by atoms with Crippen molar-refractivity contribution in [3.8, 4) is 5.75 Å². The predicted molar refractivity (Wildman–Crippen MR) is 113 cm³/mol. The van der Waals surface area contributed by atoms with E-state index in [2.05, 4.69) is 10.0 Å². The fourth-order valence-electron chi connectivity index (χ4n) is 2.68. The highest BCUT2D eigenvalue weighted by molar-refractivity contribution is 7.89. The molecule has 8 heteroatoms. The van der Waals surface area contributed by atoms with Crippen molar-refractivity contribution >= 4 is 22.0 Å². The Morgan fingerprint density at radius 1 is 1.03 bits per heavy atom. The van der Waals surface area contributed by atoms with E-state index in [1.165, 1.54) is 24.5 Å². The first kappa shape index (κ1) is 21.4. The predicted octanol–water partition coefficient (Wildman–Crippen LogP) is 3.10. The lowest BCUT2D eigenvalue weighted by atomic mass is 10.2. The van der Waals surface area contributed by atoms with Crippen LogP contribution in [-0.2, 0) is 27.9 Å². The van der Waals surface area contributed by atoms with Gasteiger partial charge in [-0.3, -0.25) is 4.79 Å². The van der Waals surface area contributed by atoms with E-state index in [9.17, 15) is 13.2 Å². The van der Waals surface area contributed by atoms with Gasteiger partial charge >= 0.3 is 0 Å². The number of hydrogen-bond donors (Lipinski definition) is 2. The minimum Gasteiger partial charge on any atom is -0.496 e. The van der Waals surface area contributed by atoms with Gasteiger partial charge in [0.25, 0.3) is 0 Å². The topological polar surface area (TPSA) is 97.6 Å². The van der Waals surface area contributed by atoms with Gasteiger partial charge in [-0.15, -0.1) is 0 Å². The van der Waals surface area contributed by atoms with Crippen LogP contribution in [0.2, 0.25) is 0 Å². The number of sulfonamides is 1. The molecular weight excluding hydrogens is 404 g/mol. The molecule has 0 aliphatic rings. The summed E-state index contributed by atoms with van der Waals surface area (Å²) < 4.78 is 37.5. The first-order valence-corrected chi connectivity index (χ1v) is 10.7. The Labute approximate surface area is 175 Å². The van der Waals surface area contributed by atoms with Crippen LogP contribution in [0.5, 0.6) is 5.75 Å². The van der Waals surface area contributed by atoms with Crippen molar-refractivity contribution in [1.29, 1.82) is 0 Å². The summed E-state index contributed by atoms with van der Waals surface area (Å²) in [6.07, 6.45) is 4.50. The van der Waals surface area contributed by atoms with E-state index >= 15 is 0 Å². The molecule has 0 saturated heterocycles. The summed E-state index contributed by atoms with van der Waals surface area (Å²) in [5, 5.41) is 2.79. The molecule has 2 aromatic carbocycles. The van der Waals surface area contributed by atoms with Crippen LogP contribution < -0.4 is 14.8 Å². The number of methoxy groups -OCH3 is 1. The summed E-state index contributed by atoms with van der Waals surface area (Å²) in [7, 11) is -2.08. The highest BCUT2D eigenvalue weighted by Gasteiger charge is 2.14. The number of amides is 1. The molecule has 0 unspecified atom stereocenters. The lowest BCUT2D eigenvalue weighted by Gasteiger charge is -2.08. The maximum Gasteiger partial charge on any atom is 0.244 e. The zero-order valence-electron chi connectivity index (χ0n) is 16.4. The zero-order valence-corrected chi connectivity index (χ0v) is 17.2. The molecule has 3 aromatic rings. The van der Waals surface area contributed by atoms with E-state index in [1.807, 2.05) is 24.3 Å². The largest absolute Gasteiger partial charge is 0.496 e. The summed E-state index contributed by atoms with van der Waals surface area (Å²) >= 11 is 0.